The molecule has 1 aromatic heterocycles. The van der Waals surface area contributed by atoms with Crippen LogP contribution in [0.5, 0.6) is 0 Å². The number of rotatable bonds is 5. The van der Waals surface area contributed by atoms with E-state index in [0.29, 0.717) is 24.8 Å². The van der Waals surface area contributed by atoms with Crippen molar-refractivity contribution >= 4 is 17.6 Å². The number of nitrogens with one attached hydrogen (secondary N) is 2. The van der Waals surface area contributed by atoms with E-state index in [-0.39, 0.29) is 6.03 Å². The lowest BCUT2D eigenvalue weighted by Gasteiger charge is -2.12. The molecule has 1 heterocycles. The minimum Gasteiger partial charge on any atom is -0.337 e. The van der Waals surface area contributed by atoms with Crippen LogP contribution in [0.25, 0.3) is 0 Å². The number of hydrogen-bond donors (Lipinski definition) is 2. The molecule has 0 atom stereocenters. The molecule has 2 amide bonds. The number of imidazole rings is 1. The summed E-state index contributed by atoms with van der Waals surface area (Å²) in [5, 5.41) is 6.55. The van der Waals surface area contributed by atoms with E-state index in [4.69, 9.17) is 11.6 Å². The molecular formula is C10H18ClN5O. The Kier molecular flexibility index (Phi) is 5.24. The third-order valence-corrected chi connectivity index (χ3v) is 2.65. The third kappa shape index (κ3) is 4.24. The Morgan fingerprint density at radius 3 is 2.76 bits per heavy atom. The van der Waals surface area contributed by atoms with Crippen LogP contribution in [0, 0.1) is 0 Å². The van der Waals surface area contributed by atoms with E-state index in [2.05, 4.69) is 15.6 Å². The van der Waals surface area contributed by atoms with Gasteiger partial charge in [0.15, 0.2) is 0 Å². The fourth-order valence-corrected chi connectivity index (χ4v) is 1.35. The molecule has 0 saturated heterocycles. The van der Waals surface area contributed by atoms with Crippen molar-refractivity contribution in [2.75, 3.05) is 27.2 Å². The SMILES string of the molecule is CN(C)C(=O)NCCNCc1ncc(Cl)n1C. The van der Waals surface area contributed by atoms with Crippen molar-refractivity contribution in [1.82, 2.24) is 25.1 Å². The molecule has 7 heteroatoms. The predicted molar refractivity (Wildman–Crippen MR) is 67.0 cm³/mol. The van der Waals surface area contributed by atoms with Gasteiger partial charge < -0.3 is 20.1 Å². The quantitative estimate of drug-likeness (QED) is 0.754. The standard InChI is InChI=1S/C10H18ClN5O/c1-15(2)10(17)13-5-4-12-7-9-14-6-8(11)16(9)3/h6,12H,4-5,7H2,1-3H3,(H,13,17). The second-order valence-corrected chi connectivity index (χ2v) is 4.25. The summed E-state index contributed by atoms with van der Waals surface area (Å²) in [7, 11) is 5.28. The van der Waals surface area contributed by atoms with Gasteiger partial charge >= 0.3 is 6.03 Å². The van der Waals surface area contributed by atoms with Crippen LogP contribution in [0.4, 0.5) is 4.79 Å². The predicted octanol–water partition coefficient (Wildman–Crippen LogP) is 0.434. The number of urea groups is 1. The van der Waals surface area contributed by atoms with Crippen LogP contribution in [0.2, 0.25) is 5.15 Å². The Morgan fingerprint density at radius 2 is 2.24 bits per heavy atom. The van der Waals surface area contributed by atoms with Crippen molar-refractivity contribution < 1.29 is 4.79 Å². The average molecular weight is 260 g/mol. The molecule has 0 aliphatic rings. The highest BCUT2D eigenvalue weighted by atomic mass is 35.5. The Morgan fingerprint density at radius 1 is 1.53 bits per heavy atom. The number of carbonyl (C=O) groups is 1. The normalized spacial score (nSPS) is 10.4. The van der Waals surface area contributed by atoms with Crippen LogP contribution in [0.3, 0.4) is 0 Å². The van der Waals surface area contributed by atoms with E-state index in [0.717, 1.165) is 5.82 Å². The molecule has 6 nitrogen and oxygen atoms in total. The van der Waals surface area contributed by atoms with E-state index in [1.54, 1.807) is 20.3 Å². The van der Waals surface area contributed by atoms with Gasteiger partial charge in [0.2, 0.25) is 0 Å². The van der Waals surface area contributed by atoms with Crippen molar-refractivity contribution in [1.29, 1.82) is 0 Å². The maximum absolute atomic E-state index is 11.2. The highest BCUT2D eigenvalue weighted by Gasteiger charge is 2.04. The fourth-order valence-electron chi connectivity index (χ4n) is 1.20. The average Bonchev–Trinajstić information content (AvgIpc) is 2.59. The maximum atomic E-state index is 11.2. The number of carbonyl (C=O) groups excluding carboxylic acids is 1. The van der Waals surface area contributed by atoms with Gasteiger partial charge in [-0.25, -0.2) is 9.78 Å². The van der Waals surface area contributed by atoms with Gasteiger partial charge in [-0.05, 0) is 0 Å². The molecule has 17 heavy (non-hydrogen) atoms. The molecule has 96 valence electrons. The van der Waals surface area contributed by atoms with E-state index < -0.39 is 0 Å². The summed E-state index contributed by atoms with van der Waals surface area (Å²) in [5.41, 5.74) is 0. The molecule has 1 aromatic rings. The van der Waals surface area contributed by atoms with Crippen LogP contribution >= 0.6 is 11.6 Å². The first kappa shape index (κ1) is 13.8. The van der Waals surface area contributed by atoms with Crippen LogP contribution in [-0.4, -0.2) is 47.7 Å². The smallest absolute Gasteiger partial charge is 0.316 e. The van der Waals surface area contributed by atoms with Gasteiger partial charge in [0.05, 0.1) is 12.7 Å². The zero-order valence-corrected chi connectivity index (χ0v) is 11.1. The maximum Gasteiger partial charge on any atom is 0.316 e. The lowest BCUT2D eigenvalue weighted by atomic mass is 10.5. The Balaban J connectivity index is 2.17. The Labute approximate surface area is 106 Å². The first-order chi connectivity index (χ1) is 8.02. The molecular weight excluding hydrogens is 242 g/mol. The second-order valence-electron chi connectivity index (χ2n) is 3.86. The Bertz CT molecular complexity index is 377. The number of nitrogens with zero attached hydrogens (tertiary/aromatic N) is 3. The topological polar surface area (TPSA) is 62.2 Å². The Hall–Kier alpha value is -1.27. The summed E-state index contributed by atoms with van der Waals surface area (Å²) in [4.78, 5) is 16.8. The summed E-state index contributed by atoms with van der Waals surface area (Å²) in [6.07, 6.45) is 1.62. The molecule has 0 spiro atoms. The summed E-state index contributed by atoms with van der Waals surface area (Å²) < 4.78 is 1.81. The first-order valence-electron chi connectivity index (χ1n) is 5.34. The van der Waals surface area contributed by atoms with Gasteiger partial charge in [-0.3, -0.25) is 0 Å². The fraction of sp³-hybridized carbons (Fsp3) is 0.600. The summed E-state index contributed by atoms with van der Waals surface area (Å²) in [5.74, 6) is 0.869. The molecule has 0 fully saturated rings. The van der Waals surface area contributed by atoms with Crippen molar-refractivity contribution in [3.8, 4) is 0 Å². The summed E-state index contributed by atoms with van der Waals surface area (Å²) in [6, 6.07) is -0.0909. The lowest BCUT2D eigenvalue weighted by molar-refractivity contribution is 0.217. The first-order valence-corrected chi connectivity index (χ1v) is 5.72. The van der Waals surface area contributed by atoms with Gasteiger partial charge in [-0.2, -0.15) is 0 Å². The van der Waals surface area contributed by atoms with E-state index in [1.807, 2.05) is 11.6 Å². The van der Waals surface area contributed by atoms with E-state index >= 15 is 0 Å². The van der Waals surface area contributed by atoms with Crippen LogP contribution in [-0.2, 0) is 13.6 Å². The van der Waals surface area contributed by atoms with Crippen LogP contribution < -0.4 is 10.6 Å². The van der Waals surface area contributed by atoms with Crippen molar-refractivity contribution in [3.63, 3.8) is 0 Å². The van der Waals surface area contributed by atoms with Gasteiger partial charge in [-0.15, -0.1) is 0 Å². The molecule has 0 aliphatic heterocycles. The van der Waals surface area contributed by atoms with E-state index in [1.165, 1.54) is 4.90 Å². The van der Waals surface area contributed by atoms with E-state index in [9.17, 15) is 4.79 Å². The molecule has 0 bridgehead atoms. The van der Waals surface area contributed by atoms with Crippen LogP contribution in [0.1, 0.15) is 5.82 Å². The molecule has 1 rings (SSSR count). The van der Waals surface area contributed by atoms with Gasteiger partial charge in [0.25, 0.3) is 0 Å². The van der Waals surface area contributed by atoms with Gasteiger partial charge in [0, 0.05) is 34.2 Å². The molecule has 0 aliphatic carbocycles. The van der Waals surface area contributed by atoms with Gasteiger partial charge in [0.1, 0.15) is 11.0 Å². The number of aromatic nitrogens is 2. The highest BCUT2D eigenvalue weighted by Crippen LogP contribution is 2.08. The van der Waals surface area contributed by atoms with Crippen LogP contribution in [0.15, 0.2) is 6.20 Å². The zero-order valence-electron chi connectivity index (χ0n) is 10.3. The van der Waals surface area contributed by atoms with Crippen molar-refractivity contribution in [3.05, 3.63) is 17.2 Å². The third-order valence-electron chi connectivity index (χ3n) is 2.29. The molecule has 0 aromatic carbocycles. The molecule has 0 saturated carbocycles. The number of halogens is 1. The number of amides is 2. The van der Waals surface area contributed by atoms with Crippen molar-refractivity contribution in [2.24, 2.45) is 7.05 Å². The minimum atomic E-state index is -0.0909. The largest absolute Gasteiger partial charge is 0.337 e. The zero-order chi connectivity index (χ0) is 12.8. The molecule has 0 unspecified atom stereocenters. The lowest BCUT2D eigenvalue weighted by Crippen LogP contribution is -2.38. The minimum absolute atomic E-state index is 0.0909. The van der Waals surface area contributed by atoms with Crippen molar-refractivity contribution in [2.45, 2.75) is 6.54 Å². The summed E-state index contributed by atoms with van der Waals surface area (Å²) in [6.45, 7) is 1.89. The number of hydrogen-bond acceptors (Lipinski definition) is 3. The van der Waals surface area contributed by atoms with Gasteiger partial charge in [-0.1, -0.05) is 11.6 Å². The second kappa shape index (κ2) is 6.46. The summed E-state index contributed by atoms with van der Waals surface area (Å²) >= 11 is 5.86. The molecule has 0 radical (unpaired) electrons. The monoisotopic (exact) mass is 259 g/mol. The molecule has 2 N–H and O–H groups in total. The highest BCUT2D eigenvalue weighted by molar-refractivity contribution is 6.29.